The molecule has 2 heterocycles. The van der Waals surface area contributed by atoms with Gasteiger partial charge in [0, 0.05) is 24.5 Å². The van der Waals surface area contributed by atoms with E-state index in [-0.39, 0.29) is 5.91 Å². The van der Waals surface area contributed by atoms with Crippen LogP contribution in [0.1, 0.15) is 21.5 Å². The highest BCUT2D eigenvalue weighted by Gasteiger charge is 2.07. The van der Waals surface area contributed by atoms with Gasteiger partial charge in [0.2, 0.25) is 0 Å². The van der Waals surface area contributed by atoms with Gasteiger partial charge in [-0.15, -0.1) is 0 Å². The minimum absolute atomic E-state index is 0.0470. The van der Waals surface area contributed by atoms with Crippen LogP contribution in [0.4, 0.5) is 0 Å². The van der Waals surface area contributed by atoms with E-state index >= 15 is 0 Å². The molecule has 3 aromatic rings. The van der Waals surface area contributed by atoms with Gasteiger partial charge >= 0.3 is 0 Å². The maximum absolute atomic E-state index is 12.1. The fourth-order valence-electron chi connectivity index (χ4n) is 2.17. The molecule has 100 valence electrons. The lowest BCUT2D eigenvalue weighted by Crippen LogP contribution is -2.22. The summed E-state index contributed by atoms with van der Waals surface area (Å²) in [6.07, 6.45) is 3.78. The number of aryl methyl sites for hydroxylation is 1. The molecule has 1 aromatic carbocycles. The van der Waals surface area contributed by atoms with E-state index < -0.39 is 0 Å². The van der Waals surface area contributed by atoms with E-state index in [1.54, 1.807) is 0 Å². The van der Waals surface area contributed by atoms with Crippen molar-refractivity contribution in [1.29, 1.82) is 0 Å². The van der Waals surface area contributed by atoms with Crippen LogP contribution < -0.4 is 5.32 Å². The van der Waals surface area contributed by atoms with Crippen LogP contribution in [-0.4, -0.2) is 10.3 Å². The predicted molar refractivity (Wildman–Crippen MR) is 79.7 cm³/mol. The molecule has 3 nitrogen and oxygen atoms in total. The Morgan fingerprint density at radius 1 is 1.15 bits per heavy atom. The van der Waals surface area contributed by atoms with Crippen molar-refractivity contribution >= 4 is 11.4 Å². The van der Waals surface area contributed by atoms with Gasteiger partial charge in [0.1, 0.15) is 0 Å². The second-order valence-corrected chi connectivity index (χ2v) is 4.93. The lowest BCUT2D eigenvalue weighted by molar-refractivity contribution is 0.0951. The molecule has 0 spiro atoms. The molecule has 1 N–H and O–H groups in total. The molecule has 0 bridgehead atoms. The number of hydrogen-bond acceptors (Lipinski definition) is 1. The summed E-state index contributed by atoms with van der Waals surface area (Å²) in [5, 5.41) is 2.94. The molecular weight excluding hydrogens is 248 g/mol. The summed E-state index contributed by atoms with van der Waals surface area (Å²) in [5.41, 5.74) is 4.03. The maximum atomic E-state index is 12.1. The summed E-state index contributed by atoms with van der Waals surface area (Å²) < 4.78 is 1.95. The number of hydrogen-bond donors (Lipinski definition) is 1. The average Bonchev–Trinajstić information content (AvgIpc) is 2.90. The highest BCUT2D eigenvalue weighted by atomic mass is 16.1. The van der Waals surface area contributed by atoms with Crippen molar-refractivity contribution in [2.75, 3.05) is 0 Å². The van der Waals surface area contributed by atoms with Crippen LogP contribution in [0.15, 0.2) is 60.9 Å². The zero-order valence-electron chi connectivity index (χ0n) is 11.3. The van der Waals surface area contributed by atoms with Crippen LogP contribution in [0.2, 0.25) is 0 Å². The van der Waals surface area contributed by atoms with Crippen molar-refractivity contribution < 1.29 is 4.79 Å². The summed E-state index contributed by atoms with van der Waals surface area (Å²) in [6.45, 7) is 2.60. The van der Waals surface area contributed by atoms with Crippen LogP contribution in [0, 0.1) is 6.92 Å². The van der Waals surface area contributed by atoms with Crippen molar-refractivity contribution in [2.45, 2.75) is 13.5 Å². The summed E-state index contributed by atoms with van der Waals surface area (Å²) in [5.74, 6) is -0.0470. The number of carbonyl (C=O) groups is 1. The Morgan fingerprint density at radius 3 is 2.70 bits per heavy atom. The first-order valence-electron chi connectivity index (χ1n) is 6.63. The molecule has 2 aromatic heterocycles. The first kappa shape index (κ1) is 12.5. The molecule has 0 saturated carbocycles. The van der Waals surface area contributed by atoms with E-state index in [0.29, 0.717) is 12.1 Å². The molecule has 0 unspecified atom stereocenters. The van der Waals surface area contributed by atoms with Gasteiger partial charge in [-0.05, 0) is 30.7 Å². The van der Waals surface area contributed by atoms with Crippen molar-refractivity contribution in [3.8, 4) is 0 Å². The molecular formula is C17H16N2O. The zero-order chi connectivity index (χ0) is 13.9. The Kier molecular flexibility index (Phi) is 3.25. The summed E-state index contributed by atoms with van der Waals surface area (Å²) >= 11 is 0. The third kappa shape index (κ3) is 2.57. The highest BCUT2D eigenvalue weighted by Crippen LogP contribution is 2.10. The molecule has 0 radical (unpaired) electrons. The molecule has 20 heavy (non-hydrogen) atoms. The number of nitrogens with one attached hydrogen (secondary N) is 1. The van der Waals surface area contributed by atoms with Crippen molar-refractivity contribution in [2.24, 2.45) is 0 Å². The Balaban J connectivity index is 1.71. The van der Waals surface area contributed by atoms with Crippen LogP contribution in [-0.2, 0) is 6.54 Å². The topological polar surface area (TPSA) is 33.5 Å². The van der Waals surface area contributed by atoms with Crippen molar-refractivity contribution in [1.82, 2.24) is 9.72 Å². The molecule has 0 fully saturated rings. The number of benzene rings is 1. The number of pyridine rings is 1. The number of nitrogens with zero attached hydrogens (tertiary/aromatic N) is 1. The minimum Gasteiger partial charge on any atom is -0.348 e. The predicted octanol–water partition coefficient (Wildman–Crippen LogP) is 3.18. The van der Waals surface area contributed by atoms with Crippen LogP contribution in [0.5, 0.6) is 0 Å². The second kappa shape index (κ2) is 5.21. The SMILES string of the molecule is Cc1ccc(CNC(=O)c2cc3ccccn3c2)cc1. The summed E-state index contributed by atoms with van der Waals surface area (Å²) in [7, 11) is 0. The van der Waals surface area contributed by atoms with Crippen LogP contribution in [0.25, 0.3) is 5.52 Å². The Morgan fingerprint density at radius 2 is 1.95 bits per heavy atom. The van der Waals surface area contributed by atoms with Crippen LogP contribution in [0.3, 0.4) is 0 Å². The van der Waals surface area contributed by atoms with E-state index in [9.17, 15) is 4.79 Å². The molecule has 0 saturated heterocycles. The second-order valence-electron chi connectivity index (χ2n) is 4.93. The monoisotopic (exact) mass is 264 g/mol. The first-order chi connectivity index (χ1) is 9.72. The summed E-state index contributed by atoms with van der Waals surface area (Å²) in [4.78, 5) is 12.1. The van der Waals surface area contributed by atoms with Gasteiger partial charge in [-0.2, -0.15) is 0 Å². The van der Waals surface area contributed by atoms with Crippen molar-refractivity contribution in [3.05, 3.63) is 77.6 Å². The maximum Gasteiger partial charge on any atom is 0.253 e. The third-order valence-electron chi connectivity index (χ3n) is 3.34. The fourth-order valence-corrected chi connectivity index (χ4v) is 2.17. The Hall–Kier alpha value is -2.55. The molecule has 1 amide bonds. The number of rotatable bonds is 3. The van der Waals surface area contributed by atoms with Gasteiger partial charge in [0.05, 0.1) is 5.56 Å². The van der Waals surface area contributed by atoms with Gasteiger partial charge in [0.15, 0.2) is 0 Å². The fraction of sp³-hybridized carbons (Fsp3) is 0.118. The molecule has 3 heteroatoms. The Labute approximate surface area is 117 Å². The van der Waals surface area contributed by atoms with E-state index in [1.807, 2.05) is 65.3 Å². The lowest BCUT2D eigenvalue weighted by atomic mass is 10.1. The van der Waals surface area contributed by atoms with Gasteiger partial charge < -0.3 is 9.72 Å². The molecule has 0 aliphatic rings. The van der Waals surface area contributed by atoms with Gasteiger partial charge in [-0.25, -0.2) is 0 Å². The number of amides is 1. The molecule has 0 aliphatic heterocycles. The Bertz CT molecular complexity index is 708. The van der Waals surface area contributed by atoms with E-state index in [2.05, 4.69) is 12.2 Å². The van der Waals surface area contributed by atoms with E-state index in [4.69, 9.17) is 0 Å². The smallest absolute Gasteiger partial charge is 0.253 e. The highest BCUT2D eigenvalue weighted by molar-refractivity contribution is 5.95. The summed E-state index contributed by atoms with van der Waals surface area (Å²) in [6, 6.07) is 15.9. The average molecular weight is 264 g/mol. The quantitative estimate of drug-likeness (QED) is 0.774. The third-order valence-corrected chi connectivity index (χ3v) is 3.34. The van der Waals surface area contributed by atoms with E-state index in [1.165, 1.54) is 5.56 Å². The molecule has 0 aliphatic carbocycles. The standard InChI is InChI=1S/C17H16N2O/c1-13-5-7-14(8-6-13)11-18-17(20)15-10-16-4-2-3-9-19(16)12-15/h2-10,12H,11H2,1H3,(H,18,20). The first-order valence-corrected chi connectivity index (χ1v) is 6.63. The van der Waals surface area contributed by atoms with E-state index in [0.717, 1.165) is 11.1 Å². The molecule has 0 atom stereocenters. The largest absolute Gasteiger partial charge is 0.348 e. The number of carbonyl (C=O) groups excluding carboxylic acids is 1. The number of fused-ring (bicyclic) bond motifs is 1. The van der Waals surface area contributed by atoms with Gasteiger partial charge in [-0.1, -0.05) is 35.9 Å². The lowest BCUT2D eigenvalue weighted by Gasteiger charge is -2.04. The van der Waals surface area contributed by atoms with Gasteiger partial charge in [-0.3, -0.25) is 4.79 Å². The van der Waals surface area contributed by atoms with Crippen LogP contribution >= 0.6 is 0 Å². The van der Waals surface area contributed by atoms with Crippen molar-refractivity contribution in [3.63, 3.8) is 0 Å². The number of aromatic nitrogens is 1. The normalized spacial score (nSPS) is 10.7. The molecule has 3 rings (SSSR count). The zero-order valence-corrected chi connectivity index (χ0v) is 11.3. The minimum atomic E-state index is -0.0470. The van der Waals surface area contributed by atoms with Gasteiger partial charge in [0.25, 0.3) is 5.91 Å².